The Morgan fingerprint density at radius 2 is 1.76 bits per heavy atom. The Morgan fingerprint density at radius 1 is 1.00 bits per heavy atom. The van der Waals surface area contributed by atoms with Gasteiger partial charge < -0.3 is 5.73 Å². The van der Waals surface area contributed by atoms with E-state index in [-0.39, 0.29) is 5.82 Å². The van der Waals surface area contributed by atoms with Crippen molar-refractivity contribution in [2.45, 2.75) is 33.0 Å². The first kappa shape index (κ1) is 15.7. The highest BCUT2D eigenvalue weighted by atomic mass is 19.1. The maximum absolute atomic E-state index is 13.3. The molecule has 0 saturated heterocycles. The van der Waals surface area contributed by atoms with E-state index in [9.17, 15) is 4.39 Å². The first-order valence-electron chi connectivity index (χ1n) is 7.46. The smallest absolute Gasteiger partial charge is 0.123 e. The quantitative estimate of drug-likeness (QED) is 0.841. The molecule has 21 heavy (non-hydrogen) atoms. The summed E-state index contributed by atoms with van der Waals surface area (Å²) in [6.45, 7) is 5.26. The summed E-state index contributed by atoms with van der Waals surface area (Å²) in [6.07, 6.45) is 1.09. The lowest BCUT2D eigenvalue weighted by atomic mass is 10.1. The van der Waals surface area contributed by atoms with Gasteiger partial charge in [-0.2, -0.15) is 0 Å². The normalized spacial score (nSPS) is 11.0. The standard InChI is InChI=1S/C18H23FN2/c1-2-10-21(13-15-6-4-3-5-7-15)14-16-8-9-18(19)11-17(16)12-20/h3-9,11H,2,10,12-14,20H2,1H3. The van der Waals surface area contributed by atoms with Gasteiger partial charge in [0.2, 0.25) is 0 Å². The van der Waals surface area contributed by atoms with Crippen LogP contribution in [-0.2, 0) is 19.6 Å². The SMILES string of the molecule is CCCN(Cc1ccccc1)Cc1ccc(F)cc1CN. The first-order chi connectivity index (χ1) is 10.2. The van der Waals surface area contributed by atoms with Crippen LogP contribution in [0, 0.1) is 5.82 Å². The molecule has 0 bridgehead atoms. The lowest BCUT2D eigenvalue weighted by molar-refractivity contribution is 0.256. The third-order valence-corrected chi connectivity index (χ3v) is 3.57. The molecule has 0 fully saturated rings. The predicted molar refractivity (Wildman–Crippen MR) is 85.1 cm³/mol. The van der Waals surface area contributed by atoms with Crippen LogP contribution in [0.25, 0.3) is 0 Å². The molecule has 3 heteroatoms. The van der Waals surface area contributed by atoms with Gasteiger partial charge in [0, 0.05) is 19.6 Å². The lowest BCUT2D eigenvalue weighted by Crippen LogP contribution is -2.24. The van der Waals surface area contributed by atoms with Gasteiger partial charge in [0.1, 0.15) is 5.82 Å². The lowest BCUT2D eigenvalue weighted by Gasteiger charge is -2.23. The largest absolute Gasteiger partial charge is 0.326 e. The number of nitrogens with zero attached hydrogens (tertiary/aromatic N) is 1. The topological polar surface area (TPSA) is 29.3 Å². The Bertz CT molecular complexity index is 554. The molecule has 0 aliphatic carbocycles. The molecule has 0 aliphatic heterocycles. The molecule has 2 aromatic carbocycles. The van der Waals surface area contributed by atoms with Gasteiger partial charge in [-0.25, -0.2) is 4.39 Å². The molecule has 0 aliphatic rings. The van der Waals surface area contributed by atoms with Crippen LogP contribution in [0.2, 0.25) is 0 Å². The summed E-state index contributed by atoms with van der Waals surface area (Å²) in [7, 11) is 0. The van der Waals surface area contributed by atoms with Gasteiger partial charge in [0.25, 0.3) is 0 Å². The number of halogens is 1. The highest BCUT2D eigenvalue weighted by Crippen LogP contribution is 2.16. The Morgan fingerprint density at radius 3 is 2.43 bits per heavy atom. The van der Waals surface area contributed by atoms with Crippen molar-refractivity contribution in [3.63, 3.8) is 0 Å². The number of benzene rings is 2. The third-order valence-electron chi connectivity index (χ3n) is 3.57. The minimum Gasteiger partial charge on any atom is -0.326 e. The highest BCUT2D eigenvalue weighted by Gasteiger charge is 2.09. The second-order valence-corrected chi connectivity index (χ2v) is 5.31. The van der Waals surface area contributed by atoms with Crippen LogP contribution in [0.4, 0.5) is 4.39 Å². The van der Waals surface area contributed by atoms with Gasteiger partial charge in [0.15, 0.2) is 0 Å². The van der Waals surface area contributed by atoms with E-state index in [2.05, 4.69) is 36.1 Å². The molecule has 0 aromatic heterocycles. The summed E-state index contributed by atoms with van der Waals surface area (Å²) in [5, 5.41) is 0. The summed E-state index contributed by atoms with van der Waals surface area (Å²) in [6, 6.07) is 15.3. The molecule has 0 heterocycles. The van der Waals surface area contributed by atoms with Gasteiger partial charge in [-0.05, 0) is 41.8 Å². The van der Waals surface area contributed by atoms with E-state index in [0.717, 1.165) is 37.2 Å². The predicted octanol–water partition coefficient (Wildman–Crippen LogP) is 3.70. The number of hydrogen-bond acceptors (Lipinski definition) is 2. The minimum absolute atomic E-state index is 0.218. The van der Waals surface area contributed by atoms with Crippen molar-refractivity contribution in [1.82, 2.24) is 4.90 Å². The van der Waals surface area contributed by atoms with Crippen molar-refractivity contribution in [2.24, 2.45) is 5.73 Å². The molecular formula is C18H23FN2. The number of rotatable bonds is 7. The van der Waals surface area contributed by atoms with E-state index >= 15 is 0 Å². The van der Waals surface area contributed by atoms with Gasteiger partial charge in [-0.1, -0.05) is 43.3 Å². The van der Waals surface area contributed by atoms with Crippen LogP contribution in [0.3, 0.4) is 0 Å². The van der Waals surface area contributed by atoms with E-state index in [1.165, 1.54) is 11.6 Å². The number of nitrogens with two attached hydrogens (primary N) is 1. The average molecular weight is 286 g/mol. The fraction of sp³-hybridized carbons (Fsp3) is 0.333. The van der Waals surface area contributed by atoms with E-state index in [1.54, 1.807) is 6.07 Å². The van der Waals surface area contributed by atoms with Crippen molar-refractivity contribution < 1.29 is 4.39 Å². The van der Waals surface area contributed by atoms with Gasteiger partial charge >= 0.3 is 0 Å². The first-order valence-corrected chi connectivity index (χ1v) is 7.46. The Hall–Kier alpha value is -1.71. The third kappa shape index (κ3) is 4.66. The molecule has 2 nitrogen and oxygen atoms in total. The fourth-order valence-corrected chi connectivity index (χ4v) is 2.55. The molecule has 0 atom stereocenters. The highest BCUT2D eigenvalue weighted by molar-refractivity contribution is 5.28. The van der Waals surface area contributed by atoms with E-state index < -0.39 is 0 Å². The van der Waals surface area contributed by atoms with E-state index in [4.69, 9.17) is 5.73 Å². The van der Waals surface area contributed by atoms with Gasteiger partial charge in [-0.3, -0.25) is 4.90 Å². The molecule has 0 radical (unpaired) electrons. The zero-order chi connectivity index (χ0) is 15.1. The molecule has 2 rings (SSSR count). The van der Waals surface area contributed by atoms with E-state index in [0.29, 0.717) is 6.54 Å². The summed E-state index contributed by atoms with van der Waals surface area (Å²) < 4.78 is 13.3. The van der Waals surface area contributed by atoms with Crippen molar-refractivity contribution in [2.75, 3.05) is 6.54 Å². The van der Waals surface area contributed by atoms with Crippen molar-refractivity contribution in [3.05, 3.63) is 71.0 Å². The Labute approximate surface area is 126 Å². The Kier molecular flexibility index (Phi) is 5.90. The van der Waals surface area contributed by atoms with Gasteiger partial charge in [0.05, 0.1) is 0 Å². The summed E-state index contributed by atoms with van der Waals surface area (Å²) in [5.41, 5.74) is 9.04. The average Bonchev–Trinajstić information content (AvgIpc) is 2.50. The maximum atomic E-state index is 13.3. The summed E-state index contributed by atoms with van der Waals surface area (Å²) in [4.78, 5) is 2.38. The zero-order valence-corrected chi connectivity index (χ0v) is 12.6. The van der Waals surface area contributed by atoms with Crippen molar-refractivity contribution in [1.29, 1.82) is 0 Å². The maximum Gasteiger partial charge on any atom is 0.123 e. The van der Waals surface area contributed by atoms with Crippen LogP contribution in [0.1, 0.15) is 30.0 Å². The van der Waals surface area contributed by atoms with Crippen molar-refractivity contribution >= 4 is 0 Å². The van der Waals surface area contributed by atoms with Crippen LogP contribution < -0.4 is 5.73 Å². The van der Waals surface area contributed by atoms with Crippen LogP contribution in [-0.4, -0.2) is 11.4 Å². The Balaban J connectivity index is 2.12. The zero-order valence-electron chi connectivity index (χ0n) is 12.6. The summed E-state index contributed by atoms with van der Waals surface area (Å²) >= 11 is 0. The second-order valence-electron chi connectivity index (χ2n) is 5.31. The molecule has 0 amide bonds. The van der Waals surface area contributed by atoms with Crippen LogP contribution >= 0.6 is 0 Å². The molecule has 0 saturated carbocycles. The van der Waals surface area contributed by atoms with E-state index in [1.807, 2.05) is 12.1 Å². The number of hydrogen-bond donors (Lipinski definition) is 1. The van der Waals surface area contributed by atoms with Crippen LogP contribution in [0.15, 0.2) is 48.5 Å². The molecule has 0 unspecified atom stereocenters. The minimum atomic E-state index is -0.218. The summed E-state index contributed by atoms with van der Waals surface area (Å²) in [5.74, 6) is -0.218. The molecule has 2 N–H and O–H groups in total. The molecule has 2 aromatic rings. The molecule has 0 spiro atoms. The monoisotopic (exact) mass is 286 g/mol. The molecular weight excluding hydrogens is 263 g/mol. The fourth-order valence-electron chi connectivity index (χ4n) is 2.55. The van der Waals surface area contributed by atoms with Gasteiger partial charge in [-0.15, -0.1) is 0 Å². The second kappa shape index (κ2) is 7.91. The van der Waals surface area contributed by atoms with Crippen LogP contribution in [0.5, 0.6) is 0 Å². The molecule has 112 valence electrons. The van der Waals surface area contributed by atoms with Crippen molar-refractivity contribution in [3.8, 4) is 0 Å².